The summed E-state index contributed by atoms with van der Waals surface area (Å²) in [5.41, 5.74) is 1.03. The molecule has 138 valence electrons. The number of hydrogen-bond donors (Lipinski definition) is 1. The quantitative estimate of drug-likeness (QED) is 0.837. The zero-order valence-electron chi connectivity index (χ0n) is 14.1. The van der Waals surface area contributed by atoms with Gasteiger partial charge in [0.2, 0.25) is 0 Å². The third-order valence-corrected chi connectivity index (χ3v) is 4.99. The molecule has 1 N–H and O–H groups in total. The highest BCUT2D eigenvalue weighted by atomic mass is 19.4. The summed E-state index contributed by atoms with van der Waals surface area (Å²) >= 11 is 0. The maximum atomic E-state index is 12.7. The number of rotatable bonds is 4. The predicted molar refractivity (Wildman–Crippen MR) is 92.2 cm³/mol. The van der Waals surface area contributed by atoms with Gasteiger partial charge in [0.15, 0.2) is 0 Å². The number of piperidine rings is 1. The fraction of sp³-hybridized carbons (Fsp3) is 0.400. The number of halogens is 3. The monoisotopic (exact) mass is 363 g/mol. The molecule has 0 radical (unpaired) electrons. The van der Waals surface area contributed by atoms with Crippen LogP contribution < -0.4 is 14.8 Å². The van der Waals surface area contributed by atoms with Crippen molar-refractivity contribution in [1.82, 2.24) is 5.32 Å². The summed E-state index contributed by atoms with van der Waals surface area (Å²) in [7, 11) is 0. The molecule has 1 unspecified atom stereocenters. The Hall–Kier alpha value is -2.21. The van der Waals surface area contributed by atoms with Gasteiger partial charge in [-0.1, -0.05) is 30.3 Å². The van der Waals surface area contributed by atoms with E-state index in [0.717, 1.165) is 12.8 Å². The van der Waals surface area contributed by atoms with E-state index in [1.165, 1.54) is 25.0 Å². The van der Waals surface area contributed by atoms with E-state index in [-0.39, 0.29) is 11.9 Å². The first-order chi connectivity index (χ1) is 12.5. The summed E-state index contributed by atoms with van der Waals surface area (Å²) in [5.74, 6) is 0.465. The van der Waals surface area contributed by atoms with Gasteiger partial charge in [-0.25, -0.2) is 0 Å². The molecule has 0 spiro atoms. The fourth-order valence-corrected chi connectivity index (χ4v) is 3.95. The highest BCUT2D eigenvalue weighted by Gasteiger charge is 2.34. The molecule has 2 saturated heterocycles. The molecule has 0 amide bonds. The summed E-state index contributed by atoms with van der Waals surface area (Å²) in [6, 6.07) is 14.4. The van der Waals surface area contributed by atoms with Crippen molar-refractivity contribution >= 4 is 0 Å². The molecule has 2 aliphatic heterocycles. The normalized spacial score (nSPS) is 25.1. The van der Waals surface area contributed by atoms with E-state index < -0.39 is 6.36 Å². The van der Waals surface area contributed by atoms with Crippen molar-refractivity contribution in [1.29, 1.82) is 0 Å². The molecule has 0 aliphatic carbocycles. The van der Waals surface area contributed by atoms with Crippen molar-refractivity contribution in [3.05, 3.63) is 48.5 Å². The number of alkyl halides is 3. The van der Waals surface area contributed by atoms with Gasteiger partial charge in [0.1, 0.15) is 17.6 Å². The first-order valence-electron chi connectivity index (χ1n) is 8.84. The topological polar surface area (TPSA) is 30.5 Å². The van der Waals surface area contributed by atoms with Crippen molar-refractivity contribution in [2.75, 3.05) is 0 Å². The van der Waals surface area contributed by atoms with Gasteiger partial charge in [0, 0.05) is 17.6 Å². The van der Waals surface area contributed by atoms with Crippen molar-refractivity contribution in [3.63, 3.8) is 0 Å². The van der Waals surface area contributed by atoms with Gasteiger partial charge in [0.05, 0.1) is 0 Å². The molecule has 26 heavy (non-hydrogen) atoms. The van der Waals surface area contributed by atoms with Crippen LogP contribution in [0.3, 0.4) is 0 Å². The molecule has 2 heterocycles. The van der Waals surface area contributed by atoms with E-state index >= 15 is 0 Å². The van der Waals surface area contributed by atoms with Crippen LogP contribution in [-0.4, -0.2) is 24.6 Å². The van der Waals surface area contributed by atoms with Gasteiger partial charge in [-0.3, -0.25) is 0 Å². The van der Waals surface area contributed by atoms with E-state index in [4.69, 9.17) is 4.74 Å². The van der Waals surface area contributed by atoms with Gasteiger partial charge >= 0.3 is 6.36 Å². The van der Waals surface area contributed by atoms with E-state index in [0.29, 0.717) is 29.0 Å². The van der Waals surface area contributed by atoms with Crippen LogP contribution in [0.15, 0.2) is 48.5 Å². The fourth-order valence-electron chi connectivity index (χ4n) is 3.95. The van der Waals surface area contributed by atoms with E-state index in [2.05, 4.69) is 10.1 Å². The Kier molecular flexibility index (Phi) is 4.53. The molecule has 2 fully saturated rings. The Morgan fingerprint density at radius 1 is 0.923 bits per heavy atom. The summed E-state index contributed by atoms with van der Waals surface area (Å²) < 4.78 is 48.3. The molecule has 2 aromatic carbocycles. The van der Waals surface area contributed by atoms with Crippen LogP contribution in [0, 0.1) is 0 Å². The van der Waals surface area contributed by atoms with Gasteiger partial charge < -0.3 is 14.8 Å². The molecule has 6 heteroatoms. The minimum absolute atomic E-state index is 0.144. The average Bonchev–Trinajstić information content (AvgIpc) is 2.93. The highest BCUT2D eigenvalue weighted by Crippen LogP contribution is 2.36. The molecule has 3 nitrogen and oxygen atoms in total. The van der Waals surface area contributed by atoms with Crippen LogP contribution in [0.4, 0.5) is 13.2 Å². The summed E-state index contributed by atoms with van der Waals surface area (Å²) in [4.78, 5) is 0. The lowest BCUT2D eigenvalue weighted by molar-refractivity contribution is -0.274. The predicted octanol–water partition coefficient (Wildman–Crippen LogP) is 4.91. The van der Waals surface area contributed by atoms with E-state index in [9.17, 15) is 13.2 Å². The number of para-hydroxylation sites is 1. The van der Waals surface area contributed by atoms with Crippen LogP contribution >= 0.6 is 0 Å². The molecule has 4 rings (SSSR count). The van der Waals surface area contributed by atoms with Crippen LogP contribution in [0.2, 0.25) is 0 Å². The highest BCUT2D eigenvalue weighted by molar-refractivity contribution is 5.71. The number of ether oxygens (including phenoxy) is 2. The third kappa shape index (κ3) is 3.96. The summed E-state index contributed by atoms with van der Waals surface area (Å²) in [6.45, 7) is 0. The van der Waals surface area contributed by atoms with Gasteiger partial charge in [0.25, 0.3) is 0 Å². The van der Waals surface area contributed by atoms with Gasteiger partial charge in [-0.2, -0.15) is 0 Å². The molecule has 0 aromatic heterocycles. The maximum Gasteiger partial charge on any atom is 0.573 e. The number of benzene rings is 2. The van der Waals surface area contributed by atoms with Crippen molar-refractivity contribution in [2.24, 2.45) is 0 Å². The number of nitrogens with one attached hydrogen (secondary N) is 1. The Balaban J connectivity index is 1.55. The lowest BCUT2D eigenvalue weighted by atomic mass is 10.0. The molecule has 2 aromatic rings. The van der Waals surface area contributed by atoms with Crippen LogP contribution in [0.5, 0.6) is 11.5 Å². The van der Waals surface area contributed by atoms with Gasteiger partial charge in [-0.05, 0) is 49.4 Å². The molecule has 3 atom stereocenters. The van der Waals surface area contributed by atoms with E-state index in [1.54, 1.807) is 30.3 Å². The molecule has 2 aliphatic rings. The second-order valence-corrected chi connectivity index (χ2v) is 6.92. The Morgan fingerprint density at radius 3 is 2.38 bits per heavy atom. The Labute approximate surface area is 150 Å². The molecule has 2 bridgehead atoms. The van der Waals surface area contributed by atoms with Gasteiger partial charge in [-0.15, -0.1) is 13.2 Å². The van der Waals surface area contributed by atoms with Crippen LogP contribution in [-0.2, 0) is 0 Å². The summed E-state index contributed by atoms with van der Waals surface area (Å²) in [6.07, 6.45) is -0.272. The first kappa shape index (κ1) is 17.2. The van der Waals surface area contributed by atoms with Crippen molar-refractivity contribution < 1.29 is 22.6 Å². The molecular weight excluding hydrogens is 343 g/mol. The van der Waals surface area contributed by atoms with Crippen molar-refractivity contribution in [2.45, 2.75) is 50.2 Å². The summed E-state index contributed by atoms with van der Waals surface area (Å²) in [5, 5.41) is 3.57. The zero-order chi connectivity index (χ0) is 18.1. The second-order valence-electron chi connectivity index (χ2n) is 6.92. The lowest BCUT2D eigenvalue weighted by Gasteiger charge is -2.29. The lowest BCUT2D eigenvalue weighted by Crippen LogP contribution is -2.42. The average molecular weight is 363 g/mol. The van der Waals surface area contributed by atoms with Crippen LogP contribution in [0.25, 0.3) is 11.1 Å². The first-order valence-corrected chi connectivity index (χ1v) is 8.84. The van der Waals surface area contributed by atoms with Crippen LogP contribution in [0.1, 0.15) is 25.7 Å². The van der Waals surface area contributed by atoms with Crippen molar-refractivity contribution in [3.8, 4) is 22.6 Å². The number of hydrogen-bond acceptors (Lipinski definition) is 3. The molecular formula is C20H20F3NO2. The number of fused-ring (bicyclic) bond motifs is 2. The smallest absolute Gasteiger partial charge is 0.490 e. The third-order valence-electron chi connectivity index (χ3n) is 4.99. The molecule has 0 saturated carbocycles. The minimum atomic E-state index is -4.72. The largest absolute Gasteiger partial charge is 0.573 e. The SMILES string of the molecule is FC(F)(F)Oc1ccccc1-c1cccc(OC2C[C@H]3CC[C@@H](C2)N3)c1. The Morgan fingerprint density at radius 2 is 1.65 bits per heavy atom. The zero-order valence-corrected chi connectivity index (χ0v) is 14.1. The standard InChI is InChI=1S/C20H20F3NO2/c21-20(22,23)26-19-7-2-1-6-18(19)13-4-3-5-16(10-13)25-17-11-14-8-9-15(12-17)24-14/h1-7,10,14-15,17,24H,8-9,11-12H2/t14-,15+,17?. The Bertz CT molecular complexity index is 766. The minimum Gasteiger partial charge on any atom is -0.490 e. The maximum absolute atomic E-state index is 12.7. The van der Waals surface area contributed by atoms with E-state index in [1.807, 2.05) is 6.07 Å². The second kappa shape index (κ2) is 6.83.